The van der Waals surface area contributed by atoms with Crippen molar-refractivity contribution in [1.82, 2.24) is 4.90 Å². The minimum absolute atomic E-state index is 0.0463. The molecule has 114 valence electrons. The maximum Gasteiger partial charge on any atom is 0.323 e. The van der Waals surface area contributed by atoms with Gasteiger partial charge in [0, 0.05) is 6.54 Å². The average Bonchev–Trinajstić information content (AvgIpc) is 3.16. The Morgan fingerprint density at radius 2 is 1.90 bits per heavy atom. The van der Waals surface area contributed by atoms with Gasteiger partial charge in [0.1, 0.15) is 12.4 Å². The molecule has 1 fully saturated rings. The fourth-order valence-electron chi connectivity index (χ4n) is 1.84. The number of hydrogen-bond donors (Lipinski definition) is 2. The number of hydrogen-bond acceptors (Lipinski definition) is 2. The summed E-state index contributed by atoms with van der Waals surface area (Å²) in [6.07, 6.45) is 1.95. The van der Waals surface area contributed by atoms with Crippen molar-refractivity contribution in [3.05, 3.63) is 28.0 Å². The SMILES string of the molecule is O=C(O)CN(CC1CC1)C(=O)Nc1c(Cl)cc(F)cc1Cl. The van der Waals surface area contributed by atoms with Gasteiger partial charge in [0.25, 0.3) is 0 Å². The monoisotopic (exact) mass is 334 g/mol. The molecule has 2 amide bonds. The molecular formula is C13H13Cl2FN2O3. The number of carboxylic acid groups (broad SMARTS) is 1. The van der Waals surface area contributed by atoms with Crippen molar-refractivity contribution < 1.29 is 19.1 Å². The van der Waals surface area contributed by atoms with E-state index in [1.165, 1.54) is 4.90 Å². The molecule has 0 atom stereocenters. The molecule has 2 rings (SSSR count). The van der Waals surface area contributed by atoms with Gasteiger partial charge < -0.3 is 15.3 Å². The molecule has 0 heterocycles. The summed E-state index contributed by atoms with van der Waals surface area (Å²) in [6, 6.07) is 1.41. The molecule has 0 aromatic heterocycles. The van der Waals surface area contributed by atoms with Gasteiger partial charge in [-0.3, -0.25) is 4.79 Å². The molecule has 1 aliphatic rings. The number of carbonyl (C=O) groups is 2. The molecule has 0 saturated heterocycles. The molecule has 0 aliphatic heterocycles. The van der Waals surface area contributed by atoms with E-state index in [0.717, 1.165) is 25.0 Å². The number of carboxylic acids is 1. The lowest BCUT2D eigenvalue weighted by Crippen LogP contribution is -2.40. The summed E-state index contributed by atoms with van der Waals surface area (Å²) < 4.78 is 13.1. The molecule has 0 spiro atoms. The Morgan fingerprint density at radius 3 is 2.38 bits per heavy atom. The second-order valence-corrected chi connectivity index (χ2v) is 5.71. The number of carbonyl (C=O) groups excluding carboxylic acids is 1. The summed E-state index contributed by atoms with van der Waals surface area (Å²) in [5.74, 6) is -1.40. The molecular weight excluding hydrogens is 322 g/mol. The van der Waals surface area contributed by atoms with E-state index >= 15 is 0 Å². The van der Waals surface area contributed by atoms with Crippen molar-refractivity contribution in [3.63, 3.8) is 0 Å². The Kier molecular flexibility index (Phi) is 4.90. The van der Waals surface area contributed by atoms with Crippen molar-refractivity contribution in [2.24, 2.45) is 5.92 Å². The summed E-state index contributed by atoms with van der Waals surface area (Å²) in [4.78, 5) is 24.1. The van der Waals surface area contributed by atoms with Crippen molar-refractivity contribution in [2.45, 2.75) is 12.8 Å². The minimum Gasteiger partial charge on any atom is -0.480 e. The van der Waals surface area contributed by atoms with Gasteiger partial charge in [-0.25, -0.2) is 9.18 Å². The van der Waals surface area contributed by atoms with E-state index in [4.69, 9.17) is 28.3 Å². The van der Waals surface area contributed by atoms with Gasteiger partial charge in [0.15, 0.2) is 0 Å². The van der Waals surface area contributed by atoms with Crippen molar-refractivity contribution in [1.29, 1.82) is 0 Å². The van der Waals surface area contributed by atoms with E-state index < -0.39 is 24.4 Å². The number of nitrogens with one attached hydrogen (secondary N) is 1. The predicted molar refractivity (Wildman–Crippen MR) is 77.4 cm³/mol. The topological polar surface area (TPSA) is 69.6 Å². The number of amides is 2. The first-order valence-electron chi connectivity index (χ1n) is 6.29. The Labute approximate surface area is 130 Å². The lowest BCUT2D eigenvalue weighted by Gasteiger charge is -2.21. The summed E-state index contributed by atoms with van der Waals surface area (Å²) in [6.45, 7) is -0.0622. The van der Waals surface area contributed by atoms with Crippen LogP contribution in [0, 0.1) is 11.7 Å². The maximum atomic E-state index is 13.1. The number of nitrogens with zero attached hydrogens (tertiary/aromatic N) is 1. The van der Waals surface area contributed by atoms with Crippen LogP contribution in [0.15, 0.2) is 12.1 Å². The summed E-state index contributed by atoms with van der Waals surface area (Å²) in [5, 5.41) is 11.2. The molecule has 8 heteroatoms. The number of benzene rings is 1. The molecule has 0 radical (unpaired) electrons. The van der Waals surface area contributed by atoms with Crippen molar-refractivity contribution >= 4 is 40.9 Å². The van der Waals surface area contributed by atoms with Gasteiger partial charge in [-0.05, 0) is 30.9 Å². The smallest absolute Gasteiger partial charge is 0.323 e. The summed E-state index contributed by atoms with van der Waals surface area (Å²) in [7, 11) is 0. The quantitative estimate of drug-likeness (QED) is 0.866. The minimum atomic E-state index is -1.11. The third-order valence-electron chi connectivity index (χ3n) is 3.03. The molecule has 1 aromatic carbocycles. The predicted octanol–water partition coefficient (Wildman–Crippen LogP) is 3.46. The summed E-state index contributed by atoms with van der Waals surface area (Å²) in [5.41, 5.74) is 0.0657. The number of urea groups is 1. The summed E-state index contributed by atoms with van der Waals surface area (Å²) >= 11 is 11.7. The molecule has 1 saturated carbocycles. The Morgan fingerprint density at radius 1 is 1.33 bits per heavy atom. The van der Waals surface area contributed by atoms with Crippen LogP contribution in [0.25, 0.3) is 0 Å². The highest BCUT2D eigenvalue weighted by Gasteiger charge is 2.28. The molecule has 1 aromatic rings. The fourth-order valence-corrected chi connectivity index (χ4v) is 2.40. The van der Waals surface area contributed by atoms with Crippen LogP contribution in [-0.2, 0) is 4.79 Å². The van der Waals surface area contributed by atoms with Gasteiger partial charge in [-0.15, -0.1) is 0 Å². The first-order chi connectivity index (χ1) is 9.86. The van der Waals surface area contributed by atoms with Gasteiger partial charge in [0.05, 0.1) is 15.7 Å². The highest BCUT2D eigenvalue weighted by molar-refractivity contribution is 6.39. The van der Waals surface area contributed by atoms with Crippen LogP contribution in [0.3, 0.4) is 0 Å². The Bertz CT molecular complexity index is 556. The highest BCUT2D eigenvalue weighted by Crippen LogP contribution is 2.33. The van der Waals surface area contributed by atoms with Crippen LogP contribution < -0.4 is 5.32 Å². The molecule has 5 nitrogen and oxygen atoms in total. The van der Waals surface area contributed by atoms with E-state index in [2.05, 4.69) is 5.32 Å². The van der Waals surface area contributed by atoms with E-state index in [-0.39, 0.29) is 15.7 Å². The van der Waals surface area contributed by atoms with Crippen molar-refractivity contribution in [3.8, 4) is 0 Å². The third kappa shape index (κ3) is 4.47. The fraction of sp³-hybridized carbons (Fsp3) is 0.385. The highest BCUT2D eigenvalue weighted by atomic mass is 35.5. The third-order valence-corrected chi connectivity index (χ3v) is 3.62. The van der Waals surface area contributed by atoms with Crippen LogP contribution in [0.2, 0.25) is 10.0 Å². The number of anilines is 1. The van der Waals surface area contributed by atoms with Crippen LogP contribution in [0.1, 0.15) is 12.8 Å². The first-order valence-corrected chi connectivity index (χ1v) is 7.04. The normalized spacial score (nSPS) is 13.9. The van der Waals surface area contributed by atoms with Crippen LogP contribution >= 0.6 is 23.2 Å². The molecule has 0 bridgehead atoms. The van der Waals surface area contributed by atoms with Crippen LogP contribution in [0.4, 0.5) is 14.9 Å². The molecule has 21 heavy (non-hydrogen) atoms. The van der Waals surface area contributed by atoms with Gasteiger partial charge >= 0.3 is 12.0 Å². The lowest BCUT2D eigenvalue weighted by atomic mass is 10.3. The Hall–Kier alpha value is -1.53. The second-order valence-electron chi connectivity index (χ2n) is 4.89. The van der Waals surface area contributed by atoms with Crippen molar-refractivity contribution in [2.75, 3.05) is 18.4 Å². The van der Waals surface area contributed by atoms with Crippen LogP contribution in [0.5, 0.6) is 0 Å². The van der Waals surface area contributed by atoms with E-state index in [0.29, 0.717) is 12.5 Å². The zero-order chi connectivity index (χ0) is 15.6. The van der Waals surface area contributed by atoms with Crippen LogP contribution in [-0.4, -0.2) is 35.1 Å². The van der Waals surface area contributed by atoms with Gasteiger partial charge in [-0.1, -0.05) is 23.2 Å². The second kappa shape index (κ2) is 6.49. The standard InChI is InChI=1S/C13H13Cl2FN2O3/c14-9-3-8(16)4-10(15)12(9)17-13(21)18(6-11(19)20)5-7-1-2-7/h3-4,7H,1-2,5-6H2,(H,17,21)(H,19,20). The largest absolute Gasteiger partial charge is 0.480 e. The molecule has 2 N–H and O–H groups in total. The first kappa shape index (κ1) is 15.9. The zero-order valence-electron chi connectivity index (χ0n) is 10.9. The number of aliphatic carboxylic acids is 1. The number of halogens is 3. The Balaban J connectivity index is 2.12. The zero-order valence-corrected chi connectivity index (χ0v) is 12.4. The van der Waals surface area contributed by atoms with E-state index in [1.807, 2.05) is 0 Å². The molecule has 0 unspecified atom stereocenters. The molecule has 1 aliphatic carbocycles. The van der Waals surface area contributed by atoms with Gasteiger partial charge in [-0.2, -0.15) is 0 Å². The van der Waals surface area contributed by atoms with Gasteiger partial charge in [0.2, 0.25) is 0 Å². The number of rotatable bonds is 5. The van der Waals surface area contributed by atoms with E-state index in [9.17, 15) is 14.0 Å². The lowest BCUT2D eigenvalue weighted by molar-refractivity contribution is -0.137. The average molecular weight is 335 g/mol. The van der Waals surface area contributed by atoms with E-state index in [1.54, 1.807) is 0 Å². The maximum absolute atomic E-state index is 13.1.